The van der Waals surface area contributed by atoms with Crippen LogP contribution in [0.25, 0.3) is 0 Å². The van der Waals surface area contributed by atoms with Crippen molar-refractivity contribution in [3.8, 4) is 0 Å². The number of halogens is 2. The van der Waals surface area contributed by atoms with Gasteiger partial charge in [0.1, 0.15) is 0 Å². The van der Waals surface area contributed by atoms with E-state index < -0.39 is 11.9 Å². The number of rotatable bonds is 18. The van der Waals surface area contributed by atoms with Crippen LogP contribution in [-0.2, 0) is 9.59 Å². The Morgan fingerprint density at radius 1 is 0.500 bits per heavy atom. The molecule has 0 radical (unpaired) electrons. The van der Waals surface area contributed by atoms with Crippen molar-refractivity contribution in [3.63, 3.8) is 0 Å². The molecule has 0 aliphatic carbocycles. The van der Waals surface area contributed by atoms with Crippen molar-refractivity contribution < 1.29 is 19.8 Å². The molecule has 2 N–H and O–H groups in total. The Hall–Kier alpha value is -0.360. The fourth-order valence-electron chi connectivity index (χ4n) is 2.98. The standard InChI is InChI=1S/C20H34Br2O4/c21-15-11-7-3-1-5-9-13-17(19(23)24)18(20(25)26)14-10-6-2-4-8-12-16-22/h1-16H2,(H,23,24)(H,25,26)/b18-17+. The molecule has 26 heavy (non-hydrogen) atoms. The molecule has 0 bridgehead atoms. The van der Waals surface area contributed by atoms with Crippen LogP contribution in [0.1, 0.15) is 89.9 Å². The molecular weight excluding hydrogens is 464 g/mol. The number of unbranched alkanes of at least 4 members (excludes halogenated alkanes) is 10. The second-order valence-corrected chi connectivity index (χ2v) is 8.27. The maximum absolute atomic E-state index is 11.5. The number of aliphatic carboxylic acids is 2. The van der Waals surface area contributed by atoms with Gasteiger partial charge < -0.3 is 10.2 Å². The van der Waals surface area contributed by atoms with Gasteiger partial charge in [-0.25, -0.2) is 9.59 Å². The van der Waals surface area contributed by atoms with Gasteiger partial charge in [0.05, 0.1) is 0 Å². The zero-order valence-corrected chi connectivity index (χ0v) is 19.0. The number of hydrogen-bond donors (Lipinski definition) is 2. The lowest BCUT2D eigenvalue weighted by molar-refractivity contribution is -0.136. The number of alkyl halides is 2. The Morgan fingerprint density at radius 3 is 1.04 bits per heavy atom. The fourth-order valence-corrected chi connectivity index (χ4v) is 3.77. The second kappa shape index (κ2) is 18.0. The van der Waals surface area contributed by atoms with Crippen LogP contribution in [0.5, 0.6) is 0 Å². The maximum Gasteiger partial charge on any atom is 0.332 e. The third-order valence-electron chi connectivity index (χ3n) is 4.50. The summed E-state index contributed by atoms with van der Waals surface area (Å²) in [5, 5.41) is 20.9. The first kappa shape index (κ1) is 25.6. The van der Waals surface area contributed by atoms with Crippen molar-refractivity contribution in [2.24, 2.45) is 0 Å². The number of carboxylic acid groups (broad SMARTS) is 2. The first-order valence-electron chi connectivity index (χ1n) is 9.85. The topological polar surface area (TPSA) is 74.6 Å². The highest BCUT2D eigenvalue weighted by atomic mass is 79.9. The minimum absolute atomic E-state index is 0.109. The Labute approximate surface area is 175 Å². The number of carbonyl (C=O) groups is 2. The minimum atomic E-state index is -1.07. The Kier molecular flexibility index (Phi) is 17.8. The molecular formula is C20H34Br2O4. The molecule has 0 amide bonds. The van der Waals surface area contributed by atoms with E-state index in [2.05, 4.69) is 31.9 Å². The van der Waals surface area contributed by atoms with Crippen LogP contribution in [0.3, 0.4) is 0 Å². The van der Waals surface area contributed by atoms with E-state index in [0.717, 1.165) is 62.0 Å². The van der Waals surface area contributed by atoms with E-state index >= 15 is 0 Å². The molecule has 4 nitrogen and oxygen atoms in total. The summed E-state index contributed by atoms with van der Waals surface area (Å²) in [4.78, 5) is 23.1. The maximum atomic E-state index is 11.5. The van der Waals surface area contributed by atoms with Crippen LogP contribution in [0.2, 0.25) is 0 Å². The summed E-state index contributed by atoms with van der Waals surface area (Å²) in [7, 11) is 0. The number of hydrogen-bond acceptors (Lipinski definition) is 2. The molecule has 152 valence electrons. The molecule has 0 heterocycles. The van der Waals surface area contributed by atoms with Crippen molar-refractivity contribution >= 4 is 43.8 Å². The molecule has 0 rings (SSSR count). The lowest BCUT2D eigenvalue weighted by Crippen LogP contribution is -2.12. The van der Waals surface area contributed by atoms with Crippen LogP contribution in [0.4, 0.5) is 0 Å². The van der Waals surface area contributed by atoms with Gasteiger partial charge in [0, 0.05) is 21.8 Å². The summed E-state index contributed by atoms with van der Waals surface area (Å²) in [5.74, 6) is -2.14. The van der Waals surface area contributed by atoms with Crippen LogP contribution in [0, 0.1) is 0 Å². The smallest absolute Gasteiger partial charge is 0.332 e. The summed E-state index contributed by atoms with van der Waals surface area (Å²) in [6.07, 6.45) is 13.3. The van der Waals surface area contributed by atoms with E-state index in [1.165, 1.54) is 25.7 Å². The quantitative estimate of drug-likeness (QED) is 0.125. The monoisotopic (exact) mass is 496 g/mol. The zero-order valence-electron chi connectivity index (χ0n) is 15.8. The average molecular weight is 498 g/mol. The van der Waals surface area contributed by atoms with Gasteiger partial charge in [-0.05, 0) is 38.5 Å². The molecule has 0 saturated heterocycles. The lowest BCUT2D eigenvalue weighted by Gasteiger charge is -2.09. The predicted molar refractivity (Wildman–Crippen MR) is 115 cm³/mol. The molecule has 0 aromatic rings. The molecule has 0 unspecified atom stereocenters. The predicted octanol–water partition coefficient (Wildman–Crippen LogP) is 6.70. The van der Waals surface area contributed by atoms with Crippen molar-refractivity contribution in [1.29, 1.82) is 0 Å². The number of carboxylic acids is 2. The molecule has 0 fully saturated rings. The molecule has 0 spiro atoms. The van der Waals surface area contributed by atoms with Crippen molar-refractivity contribution in [1.82, 2.24) is 0 Å². The Bertz CT molecular complexity index is 384. The molecule has 6 heteroatoms. The SMILES string of the molecule is O=C(O)/C(CCCCCCCCBr)=C(\CCCCCCCCBr)C(=O)O. The molecule has 0 aliphatic heterocycles. The van der Waals surface area contributed by atoms with Gasteiger partial charge in [-0.15, -0.1) is 0 Å². The normalized spacial score (nSPS) is 12.1. The van der Waals surface area contributed by atoms with Crippen LogP contribution < -0.4 is 0 Å². The van der Waals surface area contributed by atoms with Crippen LogP contribution in [-0.4, -0.2) is 32.8 Å². The molecule has 0 atom stereocenters. The van der Waals surface area contributed by atoms with E-state index in [0.29, 0.717) is 12.8 Å². The van der Waals surface area contributed by atoms with Crippen molar-refractivity contribution in [2.45, 2.75) is 89.9 Å². The summed E-state index contributed by atoms with van der Waals surface area (Å²) in [6.45, 7) is 0. The molecule has 0 aromatic carbocycles. The van der Waals surface area contributed by atoms with Gasteiger partial charge in [-0.3, -0.25) is 0 Å². The van der Waals surface area contributed by atoms with Gasteiger partial charge >= 0.3 is 11.9 Å². The molecule has 0 aliphatic rings. The summed E-state index contributed by atoms with van der Waals surface area (Å²) in [6, 6.07) is 0. The van der Waals surface area contributed by atoms with E-state index in [1.54, 1.807) is 0 Å². The second-order valence-electron chi connectivity index (χ2n) is 6.69. The third-order valence-corrected chi connectivity index (χ3v) is 5.62. The zero-order chi connectivity index (χ0) is 19.6. The van der Waals surface area contributed by atoms with Gasteiger partial charge in [-0.1, -0.05) is 83.2 Å². The Morgan fingerprint density at radius 2 is 0.769 bits per heavy atom. The van der Waals surface area contributed by atoms with E-state index in [4.69, 9.17) is 0 Å². The van der Waals surface area contributed by atoms with E-state index in [-0.39, 0.29) is 11.1 Å². The van der Waals surface area contributed by atoms with Gasteiger partial charge in [0.25, 0.3) is 0 Å². The van der Waals surface area contributed by atoms with Crippen molar-refractivity contribution in [3.05, 3.63) is 11.1 Å². The molecule has 0 aromatic heterocycles. The summed E-state index contributed by atoms with van der Waals surface area (Å²) in [5.41, 5.74) is 0.217. The largest absolute Gasteiger partial charge is 0.478 e. The first-order valence-corrected chi connectivity index (χ1v) is 12.1. The van der Waals surface area contributed by atoms with Gasteiger partial charge in [-0.2, -0.15) is 0 Å². The highest BCUT2D eigenvalue weighted by Gasteiger charge is 2.19. The Balaban J connectivity index is 4.34. The fraction of sp³-hybridized carbons (Fsp3) is 0.800. The van der Waals surface area contributed by atoms with E-state index in [1.807, 2.05) is 0 Å². The van der Waals surface area contributed by atoms with E-state index in [9.17, 15) is 19.8 Å². The summed E-state index contributed by atoms with van der Waals surface area (Å²) >= 11 is 6.82. The van der Waals surface area contributed by atoms with Crippen LogP contribution in [0.15, 0.2) is 11.1 Å². The van der Waals surface area contributed by atoms with Crippen molar-refractivity contribution in [2.75, 3.05) is 10.7 Å². The van der Waals surface area contributed by atoms with Gasteiger partial charge in [0.2, 0.25) is 0 Å². The highest BCUT2D eigenvalue weighted by Crippen LogP contribution is 2.21. The highest BCUT2D eigenvalue weighted by molar-refractivity contribution is 9.09. The minimum Gasteiger partial charge on any atom is -0.478 e. The molecule has 0 saturated carbocycles. The van der Waals surface area contributed by atoms with Gasteiger partial charge in [0.15, 0.2) is 0 Å². The lowest BCUT2D eigenvalue weighted by atomic mass is 9.96. The first-order chi connectivity index (χ1) is 12.5. The average Bonchev–Trinajstić information content (AvgIpc) is 2.60. The summed E-state index contributed by atoms with van der Waals surface area (Å²) < 4.78 is 0. The van der Waals surface area contributed by atoms with Crippen LogP contribution >= 0.6 is 31.9 Å². The third kappa shape index (κ3) is 13.8.